The molecule has 0 aromatic heterocycles. The minimum Gasteiger partial charge on any atom is -0.391 e. The van der Waals surface area contributed by atoms with Gasteiger partial charge in [0.25, 0.3) is 0 Å². The van der Waals surface area contributed by atoms with E-state index in [0.717, 1.165) is 25.8 Å². The largest absolute Gasteiger partial charge is 0.391 e. The molecule has 2 rings (SSSR count). The molecule has 9 atom stereocenters. The Balaban J connectivity index is 2.09. The van der Waals surface area contributed by atoms with E-state index in [1.165, 1.54) is 18.7 Å². The second-order valence-electron chi connectivity index (χ2n) is 7.80. The summed E-state index contributed by atoms with van der Waals surface area (Å²) in [5.74, 6) is 0.245. The molecule has 2 saturated heterocycles. The van der Waals surface area contributed by atoms with Crippen LogP contribution < -0.4 is 5.32 Å². The van der Waals surface area contributed by atoms with Crippen LogP contribution in [0.2, 0.25) is 0 Å². The predicted octanol–water partition coefficient (Wildman–Crippen LogP) is -0.857. The first kappa shape index (κ1) is 22.9. The highest BCUT2D eigenvalue weighted by atomic mass is 32.2. The van der Waals surface area contributed by atoms with Crippen LogP contribution in [0.4, 0.5) is 0 Å². The van der Waals surface area contributed by atoms with Gasteiger partial charge in [-0.05, 0) is 39.0 Å². The standard InChI is InChI=1S/C18H34N2O6S/c1-5-6-10-7-11(20(3)8-10)17(25)19-12(9(2)21)16-14(23)13(22)15(24)18(26-16)27-4/h9-16,18,21-24H,5-8H2,1-4H3,(H,19,25)/t9?,10-,11?,12-,13?,14-,15?,16-,18-/m1/s1. The Hall–Kier alpha value is -0.420. The Bertz CT molecular complexity index is 494. The maximum atomic E-state index is 12.8. The second kappa shape index (κ2) is 9.87. The summed E-state index contributed by atoms with van der Waals surface area (Å²) in [6.45, 7) is 4.48. The van der Waals surface area contributed by atoms with Crippen molar-refractivity contribution in [1.29, 1.82) is 0 Å². The third-order valence-corrected chi connectivity index (χ3v) is 6.51. The van der Waals surface area contributed by atoms with Crippen LogP contribution in [0.25, 0.3) is 0 Å². The van der Waals surface area contributed by atoms with Gasteiger partial charge in [-0.2, -0.15) is 0 Å². The normalized spacial score (nSPS) is 39.9. The van der Waals surface area contributed by atoms with Crippen LogP contribution >= 0.6 is 11.8 Å². The van der Waals surface area contributed by atoms with E-state index in [0.29, 0.717) is 5.92 Å². The number of hydrogen-bond donors (Lipinski definition) is 5. The average Bonchev–Trinajstić information content (AvgIpc) is 2.99. The molecule has 2 heterocycles. The molecule has 1 amide bonds. The van der Waals surface area contributed by atoms with Crippen molar-refractivity contribution in [3.8, 4) is 0 Å². The number of nitrogens with one attached hydrogen (secondary N) is 1. The van der Waals surface area contributed by atoms with Crippen LogP contribution in [0.5, 0.6) is 0 Å². The monoisotopic (exact) mass is 406 g/mol. The molecule has 2 aliphatic heterocycles. The van der Waals surface area contributed by atoms with Gasteiger partial charge in [-0.15, -0.1) is 11.8 Å². The van der Waals surface area contributed by atoms with Gasteiger partial charge in [-0.3, -0.25) is 9.69 Å². The molecule has 2 aliphatic rings. The molecule has 27 heavy (non-hydrogen) atoms. The highest BCUT2D eigenvalue weighted by Crippen LogP contribution is 2.30. The van der Waals surface area contributed by atoms with Crippen LogP contribution in [0.15, 0.2) is 0 Å². The molecule has 0 aromatic carbocycles. The number of aliphatic hydroxyl groups excluding tert-OH is 4. The van der Waals surface area contributed by atoms with Crippen molar-refractivity contribution in [3.63, 3.8) is 0 Å². The topological polar surface area (TPSA) is 122 Å². The van der Waals surface area contributed by atoms with Crippen LogP contribution in [-0.4, -0.2) is 99.1 Å². The van der Waals surface area contributed by atoms with E-state index in [4.69, 9.17) is 4.74 Å². The molecule has 8 nitrogen and oxygen atoms in total. The zero-order valence-electron chi connectivity index (χ0n) is 16.5. The zero-order valence-corrected chi connectivity index (χ0v) is 17.3. The molecule has 0 aromatic rings. The van der Waals surface area contributed by atoms with Gasteiger partial charge in [-0.25, -0.2) is 0 Å². The molecule has 158 valence electrons. The molecule has 2 fully saturated rings. The summed E-state index contributed by atoms with van der Waals surface area (Å²) in [5.41, 5.74) is -0.755. The fourth-order valence-corrected chi connectivity index (χ4v) is 4.81. The number of amides is 1. The van der Waals surface area contributed by atoms with Gasteiger partial charge in [0, 0.05) is 6.54 Å². The number of aliphatic hydroxyl groups is 4. The van der Waals surface area contributed by atoms with E-state index in [-0.39, 0.29) is 11.9 Å². The quantitative estimate of drug-likeness (QED) is 0.370. The zero-order chi connectivity index (χ0) is 20.3. The fraction of sp³-hybridized carbons (Fsp3) is 0.944. The molecule has 4 unspecified atom stereocenters. The Morgan fingerprint density at radius 2 is 1.96 bits per heavy atom. The lowest BCUT2D eigenvalue weighted by atomic mass is 9.92. The second-order valence-corrected chi connectivity index (χ2v) is 8.73. The summed E-state index contributed by atoms with van der Waals surface area (Å²) < 4.78 is 5.72. The van der Waals surface area contributed by atoms with Crippen molar-refractivity contribution in [3.05, 3.63) is 0 Å². The smallest absolute Gasteiger partial charge is 0.237 e. The maximum absolute atomic E-state index is 12.8. The van der Waals surface area contributed by atoms with E-state index >= 15 is 0 Å². The lowest BCUT2D eigenvalue weighted by Gasteiger charge is -2.44. The molecule has 0 bridgehead atoms. The van der Waals surface area contributed by atoms with Crippen molar-refractivity contribution in [2.24, 2.45) is 5.92 Å². The Morgan fingerprint density at radius 3 is 2.52 bits per heavy atom. The highest BCUT2D eigenvalue weighted by molar-refractivity contribution is 7.99. The number of likely N-dealkylation sites (tertiary alicyclic amines) is 1. The number of nitrogens with zero attached hydrogens (tertiary/aromatic N) is 1. The van der Waals surface area contributed by atoms with Gasteiger partial charge in [0.15, 0.2) is 0 Å². The number of carbonyl (C=O) groups excluding carboxylic acids is 1. The Labute approximate surface area is 165 Å². The summed E-state index contributed by atoms with van der Waals surface area (Å²) in [4.78, 5) is 14.9. The Kier molecular flexibility index (Phi) is 8.35. The highest BCUT2D eigenvalue weighted by Gasteiger charge is 2.48. The van der Waals surface area contributed by atoms with Crippen molar-refractivity contribution in [2.75, 3.05) is 19.8 Å². The Morgan fingerprint density at radius 1 is 1.30 bits per heavy atom. The van der Waals surface area contributed by atoms with Gasteiger partial charge < -0.3 is 30.5 Å². The van der Waals surface area contributed by atoms with E-state index in [1.807, 2.05) is 11.9 Å². The van der Waals surface area contributed by atoms with Gasteiger partial charge in [0.1, 0.15) is 29.9 Å². The van der Waals surface area contributed by atoms with E-state index in [2.05, 4.69) is 12.2 Å². The van der Waals surface area contributed by atoms with E-state index in [9.17, 15) is 25.2 Å². The van der Waals surface area contributed by atoms with Crippen LogP contribution in [-0.2, 0) is 9.53 Å². The van der Waals surface area contributed by atoms with Crippen LogP contribution in [0, 0.1) is 5.92 Å². The summed E-state index contributed by atoms with van der Waals surface area (Å²) in [6.07, 6.45) is -1.50. The third kappa shape index (κ3) is 5.14. The molecule has 5 N–H and O–H groups in total. The van der Waals surface area contributed by atoms with Gasteiger partial charge in [0.05, 0.1) is 18.2 Å². The molecular formula is C18H34N2O6S. The van der Waals surface area contributed by atoms with Crippen LogP contribution in [0.1, 0.15) is 33.1 Å². The number of rotatable bonds is 7. The first-order chi connectivity index (χ1) is 12.7. The van der Waals surface area contributed by atoms with E-state index < -0.39 is 42.0 Å². The lowest BCUT2D eigenvalue weighted by molar-refractivity contribution is -0.211. The van der Waals surface area contributed by atoms with Gasteiger partial charge >= 0.3 is 0 Å². The number of hydrogen-bond acceptors (Lipinski definition) is 8. The maximum Gasteiger partial charge on any atom is 0.237 e. The third-order valence-electron chi connectivity index (χ3n) is 5.66. The average molecular weight is 407 g/mol. The first-order valence-corrected chi connectivity index (χ1v) is 10.9. The number of thioether (sulfide) groups is 1. The summed E-state index contributed by atoms with van der Waals surface area (Å²) in [7, 11) is 1.91. The summed E-state index contributed by atoms with van der Waals surface area (Å²) in [5, 5.41) is 43.5. The summed E-state index contributed by atoms with van der Waals surface area (Å²) >= 11 is 1.20. The number of likely N-dealkylation sites (N-methyl/N-ethyl adjacent to an activating group) is 1. The van der Waals surface area contributed by atoms with Crippen molar-refractivity contribution >= 4 is 17.7 Å². The molecular weight excluding hydrogens is 372 g/mol. The van der Waals surface area contributed by atoms with E-state index in [1.54, 1.807) is 6.26 Å². The SMILES string of the molecule is CCC[C@@H]1CC(C(=O)N[C@H](C(C)O)[C@H]2O[C@H](SC)C(O)C(O)[C@H]2O)N(C)C1. The molecule has 0 radical (unpaired) electrons. The van der Waals surface area contributed by atoms with Gasteiger partial charge in [-0.1, -0.05) is 13.3 Å². The van der Waals surface area contributed by atoms with Crippen LogP contribution in [0.3, 0.4) is 0 Å². The predicted molar refractivity (Wildman–Crippen MR) is 103 cm³/mol. The minimum absolute atomic E-state index is 0.223. The summed E-state index contributed by atoms with van der Waals surface area (Å²) in [6, 6.07) is -1.20. The minimum atomic E-state index is -1.42. The first-order valence-electron chi connectivity index (χ1n) is 9.62. The molecule has 0 saturated carbocycles. The molecule has 0 spiro atoms. The van der Waals surface area contributed by atoms with Crippen molar-refractivity contribution in [2.45, 2.75) is 81.1 Å². The lowest BCUT2D eigenvalue weighted by Crippen LogP contribution is -2.65. The number of carbonyl (C=O) groups is 1. The van der Waals surface area contributed by atoms with Gasteiger partial charge in [0.2, 0.25) is 5.91 Å². The van der Waals surface area contributed by atoms with Crippen molar-refractivity contribution < 1.29 is 30.0 Å². The molecule has 0 aliphatic carbocycles. The fourth-order valence-electron chi connectivity index (χ4n) is 4.13. The van der Waals surface area contributed by atoms with Crippen molar-refractivity contribution in [1.82, 2.24) is 10.2 Å². The number of ether oxygens (including phenoxy) is 1. The molecule has 9 heteroatoms.